The molecule has 0 fully saturated rings. The number of benzene rings is 9. The molecule has 0 saturated heterocycles. The van der Waals surface area contributed by atoms with E-state index in [1.807, 2.05) is 32.0 Å². The summed E-state index contributed by atoms with van der Waals surface area (Å²) in [5.41, 5.74) is 13.7. The molecule has 10 aromatic rings. The monoisotopic (exact) mass is 880 g/mol. The van der Waals surface area contributed by atoms with Crippen molar-refractivity contribution in [2.75, 3.05) is 4.90 Å². The van der Waals surface area contributed by atoms with Gasteiger partial charge < -0.3 is 14.0 Å². The SMILES string of the molecule is CC.O=P1(c2ccccc2)c2ccccc2C2(c3ccccc3-n3c4c(c5cccc2c53)=CCCC=4)c2cc(N(c3ccc(-c4ccccc4)cc3)c3ccccc3-c3ccccc3)ccc21. The van der Waals surface area contributed by atoms with E-state index < -0.39 is 12.6 Å². The number of hydrogen-bond acceptors (Lipinski definition) is 2. The van der Waals surface area contributed by atoms with Crippen LogP contribution in [0.1, 0.15) is 48.9 Å². The van der Waals surface area contributed by atoms with Crippen molar-refractivity contribution in [3.8, 4) is 27.9 Å². The van der Waals surface area contributed by atoms with E-state index >= 15 is 4.57 Å². The van der Waals surface area contributed by atoms with Gasteiger partial charge in [0.05, 0.1) is 22.3 Å². The molecule has 2 unspecified atom stereocenters. The molecule has 0 amide bonds. The Balaban J connectivity index is 0.00000231. The summed E-state index contributed by atoms with van der Waals surface area (Å²) < 4.78 is 19.4. The largest absolute Gasteiger partial charge is 0.310 e. The van der Waals surface area contributed by atoms with Crippen molar-refractivity contribution in [1.82, 2.24) is 4.57 Å². The molecule has 1 spiro atoms. The second-order valence-corrected chi connectivity index (χ2v) is 20.1. The fourth-order valence-electron chi connectivity index (χ4n) is 11.4. The lowest BCUT2D eigenvalue weighted by Crippen LogP contribution is -2.49. The van der Waals surface area contributed by atoms with E-state index in [0.717, 1.165) is 79.3 Å². The van der Waals surface area contributed by atoms with Gasteiger partial charge >= 0.3 is 0 Å². The van der Waals surface area contributed by atoms with Crippen molar-refractivity contribution in [3.63, 3.8) is 0 Å². The van der Waals surface area contributed by atoms with Crippen molar-refractivity contribution in [2.45, 2.75) is 32.1 Å². The van der Waals surface area contributed by atoms with Gasteiger partial charge in [-0.3, -0.25) is 0 Å². The van der Waals surface area contributed by atoms with Crippen molar-refractivity contribution >= 4 is 63.2 Å². The third-order valence-electron chi connectivity index (χ3n) is 14.1. The van der Waals surface area contributed by atoms with E-state index in [1.165, 1.54) is 38.2 Å². The van der Waals surface area contributed by atoms with Gasteiger partial charge in [0, 0.05) is 48.8 Å². The number of fused-ring (bicyclic) bond motifs is 11. The molecule has 3 aliphatic rings. The van der Waals surface area contributed by atoms with Gasteiger partial charge in [0.25, 0.3) is 0 Å². The lowest BCUT2D eigenvalue weighted by molar-refractivity contribution is 0.590. The van der Waals surface area contributed by atoms with E-state index in [-0.39, 0.29) is 0 Å². The zero-order valence-electron chi connectivity index (χ0n) is 37.7. The van der Waals surface area contributed by atoms with Crippen LogP contribution in [0.15, 0.2) is 224 Å². The third-order valence-corrected chi connectivity index (χ3v) is 17.2. The first-order chi connectivity index (χ1) is 33.2. The predicted molar refractivity (Wildman–Crippen MR) is 282 cm³/mol. The summed E-state index contributed by atoms with van der Waals surface area (Å²) in [5.74, 6) is 0. The zero-order chi connectivity index (χ0) is 45.1. The highest BCUT2D eigenvalue weighted by Crippen LogP contribution is 2.60. The summed E-state index contributed by atoms with van der Waals surface area (Å²) in [6.07, 6.45) is 6.87. The Morgan fingerprint density at radius 3 is 1.84 bits per heavy atom. The number of rotatable bonds is 6. The number of nitrogens with zero attached hydrogens (tertiary/aromatic N) is 2. The number of aromatic nitrogens is 1. The molecule has 9 aromatic carbocycles. The summed E-state index contributed by atoms with van der Waals surface area (Å²) in [5, 5.41) is 6.42. The molecule has 0 radical (unpaired) electrons. The van der Waals surface area contributed by atoms with Crippen LogP contribution in [-0.4, -0.2) is 4.57 Å². The molecule has 0 saturated carbocycles. The van der Waals surface area contributed by atoms with Crippen LogP contribution in [0.4, 0.5) is 17.1 Å². The van der Waals surface area contributed by atoms with Crippen LogP contribution in [0.5, 0.6) is 0 Å². The Morgan fingerprint density at radius 1 is 0.478 bits per heavy atom. The maximum atomic E-state index is 16.9. The molecule has 3 nitrogen and oxygen atoms in total. The van der Waals surface area contributed by atoms with Gasteiger partial charge in [0.15, 0.2) is 7.14 Å². The minimum Gasteiger partial charge on any atom is -0.310 e. The third kappa shape index (κ3) is 6.01. The summed E-state index contributed by atoms with van der Waals surface area (Å²) >= 11 is 0. The maximum absolute atomic E-state index is 16.9. The minimum atomic E-state index is -3.45. The van der Waals surface area contributed by atoms with Gasteiger partial charge in [-0.1, -0.05) is 208 Å². The van der Waals surface area contributed by atoms with E-state index in [1.54, 1.807) is 0 Å². The Hall–Kier alpha value is -7.71. The summed E-state index contributed by atoms with van der Waals surface area (Å²) in [7, 11) is -3.45. The van der Waals surface area contributed by atoms with Crippen LogP contribution < -0.4 is 31.4 Å². The number of hydrogen-bond donors (Lipinski definition) is 0. The smallest absolute Gasteiger partial charge is 0.171 e. The molecule has 67 heavy (non-hydrogen) atoms. The fraction of sp³-hybridized carbons (Fsp3) is 0.0794. The van der Waals surface area contributed by atoms with Crippen molar-refractivity contribution in [3.05, 3.63) is 257 Å². The predicted octanol–water partition coefficient (Wildman–Crippen LogP) is 13.5. The normalized spacial score (nSPS) is 17.1. The zero-order valence-corrected chi connectivity index (χ0v) is 38.6. The van der Waals surface area contributed by atoms with Crippen LogP contribution in [0.2, 0.25) is 0 Å². The second-order valence-electron chi connectivity index (χ2n) is 17.4. The molecule has 322 valence electrons. The Kier molecular flexibility index (Phi) is 9.93. The molecule has 3 heterocycles. The summed E-state index contributed by atoms with van der Waals surface area (Å²) in [6, 6.07) is 80.4. The molecule has 2 atom stereocenters. The molecule has 4 heteroatoms. The topological polar surface area (TPSA) is 25.2 Å². The van der Waals surface area contributed by atoms with Gasteiger partial charge in [-0.2, -0.15) is 0 Å². The Morgan fingerprint density at radius 2 is 1.06 bits per heavy atom. The molecule has 13 rings (SSSR count). The van der Waals surface area contributed by atoms with Gasteiger partial charge in [-0.25, -0.2) is 0 Å². The van der Waals surface area contributed by atoms with Crippen molar-refractivity contribution in [1.29, 1.82) is 0 Å². The average molecular weight is 881 g/mol. The Bertz CT molecular complexity index is 3690. The first-order valence-corrected chi connectivity index (χ1v) is 25.3. The van der Waals surface area contributed by atoms with Gasteiger partial charge in [0.1, 0.15) is 0 Å². The lowest BCUT2D eigenvalue weighted by atomic mass is 9.62. The molecule has 0 bridgehead atoms. The van der Waals surface area contributed by atoms with Gasteiger partial charge in [-0.15, -0.1) is 0 Å². The molecule has 2 aliphatic heterocycles. The molecular formula is C63H49N2OP. The van der Waals surface area contributed by atoms with E-state index in [0.29, 0.717) is 0 Å². The highest BCUT2D eigenvalue weighted by atomic mass is 31.2. The summed E-state index contributed by atoms with van der Waals surface area (Å²) in [4.78, 5) is 2.40. The van der Waals surface area contributed by atoms with E-state index in [4.69, 9.17) is 0 Å². The van der Waals surface area contributed by atoms with Crippen LogP contribution in [-0.2, 0) is 9.98 Å². The Labute approximate surface area is 392 Å². The van der Waals surface area contributed by atoms with Crippen molar-refractivity contribution < 1.29 is 4.57 Å². The van der Waals surface area contributed by atoms with Crippen LogP contribution in [0.3, 0.4) is 0 Å². The minimum absolute atomic E-state index is 0.820. The number of para-hydroxylation sites is 3. The van der Waals surface area contributed by atoms with Crippen molar-refractivity contribution in [2.24, 2.45) is 0 Å². The van der Waals surface area contributed by atoms with E-state index in [9.17, 15) is 0 Å². The van der Waals surface area contributed by atoms with E-state index in [2.05, 4.69) is 228 Å². The standard InChI is InChI=1S/C61H43N2OP.C2H6/c64-65(47-23-8-3-9-24-47)58-34-17-13-29-52(58)61(51-28-12-16-33-57(51)63-56-32-15-11-26-49(56)50-27-18-30-53(61)60(50)63)54-41-46(39-40-59(54)65)62(45-37-35-43(36-38-45)42-19-4-1-5-20-42)55-31-14-10-25-48(55)44-21-6-2-7-22-44;1-2/h1-10,12-14,16-41H,11,15H2;1-2H3. The van der Waals surface area contributed by atoms with Crippen LogP contribution in [0.25, 0.3) is 51.0 Å². The highest BCUT2D eigenvalue weighted by molar-refractivity contribution is 7.85. The quantitative estimate of drug-likeness (QED) is 0.156. The van der Waals surface area contributed by atoms with Crippen LogP contribution in [0, 0.1) is 0 Å². The fourth-order valence-corrected chi connectivity index (χ4v) is 14.5. The lowest BCUT2D eigenvalue weighted by Gasteiger charge is -2.48. The van der Waals surface area contributed by atoms with Crippen LogP contribution >= 0.6 is 7.14 Å². The highest BCUT2D eigenvalue weighted by Gasteiger charge is 2.54. The molecule has 1 aliphatic carbocycles. The second kappa shape index (κ2) is 16.3. The molecule has 0 N–H and O–H groups in total. The molecular weight excluding hydrogens is 832 g/mol. The number of anilines is 3. The average Bonchev–Trinajstić information content (AvgIpc) is 3.76. The maximum Gasteiger partial charge on any atom is 0.171 e. The first kappa shape index (κ1) is 40.8. The first-order valence-electron chi connectivity index (χ1n) is 23.6. The molecule has 1 aromatic heterocycles. The van der Waals surface area contributed by atoms with Gasteiger partial charge in [0.2, 0.25) is 0 Å². The summed E-state index contributed by atoms with van der Waals surface area (Å²) in [6.45, 7) is 4.00. The van der Waals surface area contributed by atoms with Gasteiger partial charge in [-0.05, 0) is 94.3 Å².